The van der Waals surface area contributed by atoms with Gasteiger partial charge in [-0.3, -0.25) is 4.79 Å². The van der Waals surface area contributed by atoms with E-state index in [0.29, 0.717) is 25.2 Å². The van der Waals surface area contributed by atoms with Gasteiger partial charge in [-0.15, -0.1) is 10.2 Å². The van der Waals surface area contributed by atoms with E-state index in [0.717, 1.165) is 32.1 Å². The number of hydrogen-bond acceptors (Lipinski definition) is 6. The number of carbonyl (C=O) groups is 1. The zero-order valence-corrected chi connectivity index (χ0v) is 17.7. The van der Waals surface area contributed by atoms with Gasteiger partial charge in [0.25, 0.3) is 0 Å². The van der Waals surface area contributed by atoms with Crippen molar-refractivity contribution in [2.45, 2.75) is 49.8 Å². The Labute approximate surface area is 176 Å². The van der Waals surface area contributed by atoms with Crippen LogP contribution in [0.25, 0.3) is 11.5 Å². The largest absolute Gasteiger partial charge is 0.412 e. The highest BCUT2D eigenvalue weighted by molar-refractivity contribution is 7.89. The fourth-order valence-electron chi connectivity index (χ4n) is 3.82. The summed E-state index contributed by atoms with van der Waals surface area (Å²) < 4.78 is 32.2. The molecule has 0 unspecified atom stereocenters. The SMILES string of the molecule is O=C(NCCC1=CCCCC1)c1nnc(-c2ccc(S(=O)(=O)N3CCCC3)cc2)o1. The number of nitrogens with zero attached hydrogens (tertiary/aromatic N) is 3. The number of aromatic nitrogens is 2. The molecule has 1 aliphatic heterocycles. The maximum Gasteiger partial charge on any atom is 0.308 e. The number of sulfonamides is 1. The summed E-state index contributed by atoms with van der Waals surface area (Å²) in [6.07, 6.45) is 9.55. The molecule has 0 atom stereocenters. The molecule has 1 aromatic carbocycles. The minimum absolute atomic E-state index is 0.101. The Balaban J connectivity index is 1.37. The third kappa shape index (κ3) is 4.62. The summed E-state index contributed by atoms with van der Waals surface area (Å²) in [5.41, 5.74) is 1.95. The fourth-order valence-corrected chi connectivity index (χ4v) is 5.34. The van der Waals surface area contributed by atoms with E-state index in [4.69, 9.17) is 4.42 Å². The molecule has 1 N–H and O–H groups in total. The fraction of sp³-hybridized carbons (Fsp3) is 0.476. The van der Waals surface area contributed by atoms with Crippen LogP contribution in [-0.2, 0) is 10.0 Å². The molecule has 160 valence electrons. The Morgan fingerprint density at radius 3 is 2.53 bits per heavy atom. The van der Waals surface area contributed by atoms with Gasteiger partial charge in [-0.1, -0.05) is 11.6 Å². The van der Waals surface area contributed by atoms with Crippen molar-refractivity contribution in [3.63, 3.8) is 0 Å². The van der Waals surface area contributed by atoms with Gasteiger partial charge in [0.1, 0.15) is 0 Å². The van der Waals surface area contributed by atoms with Crippen LogP contribution in [0.4, 0.5) is 0 Å². The second kappa shape index (κ2) is 9.09. The van der Waals surface area contributed by atoms with Crippen LogP contribution in [0.5, 0.6) is 0 Å². The molecule has 0 bridgehead atoms. The molecule has 4 rings (SSSR count). The third-order valence-electron chi connectivity index (χ3n) is 5.54. The molecule has 0 spiro atoms. The minimum atomic E-state index is -3.47. The summed E-state index contributed by atoms with van der Waals surface area (Å²) in [7, 11) is -3.47. The molecule has 1 aromatic heterocycles. The first-order chi connectivity index (χ1) is 14.5. The lowest BCUT2D eigenvalue weighted by Crippen LogP contribution is -2.27. The number of nitrogens with one attached hydrogen (secondary N) is 1. The Hall–Kier alpha value is -2.52. The number of amides is 1. The Morgan fingerprint density at radius 1 is 1.07 bits per heavy atom. The number of benzene rings is 1. The van der Waals surface area contributed by atoms with E-state index in [2.05, 4.69) is 21.6 Å². The number of allylic oxidation sites excluding steroid dienone is 1. The van der Waals surface area contributed by atoms with E-state index in [-0.39, 0.29) is 16.7 Å². The van der Waals surface area contributed by atoms with Gasteiger partial charge in [0.05, 0.1) is 4.90 Å². The van der Waals surface area contributed by atoms with Crippen molar-refractivity contribution in [3.05, 3.63) is 41.8 Å². The molecule has 2 aromatic rings. The van der Waals surface area contributed by atoms with Gasteiger partial charge in [-0.05, 0) is 69.2 Å². The van der Waals surface area contributed by atoms with Crippen molar-refractivity contribution in [2.75, 3.05) is 19.6 Å². The first kappa shape index (κ1) is 20.7. The van der Waals surface area contributed by atoms with Crippen LogP contribution in [0, 0.1) is 0 Å². The van der Waals surface area contributed by atoms with Crippen molar-refractivity contribution in [1.82, 2.24) is 19.8 Å². The highest BCUT2D eigenvalue weighted by atomic mass is 32.2. The highest BCUT2D eigenvalue weighted by Gasteiger charge is 2.27. The van der Waals surface area contributed by atoms with Crippen LogP contribution in [0.15, 0.2) is 45.2 Å². The van der Waals surface area contributed by atoms with Crippen LogP contribution < -0.4 is 5.32 Å². The van der Waals surface area contributed by atoms with E-state index in [9.17, 15) is 13.2 Å². The Kier molecular flexibility index (Phi) is 6.29. The van der Waals surface area contributed by atoms with Gasteiger partial charge in [-0.2, -0.15) is 4.31 Å². The van der Waals surface area contributed by atoms with E-state index < -0.39 is 15.9 Å². The van der Waals surface area contributed by atoms with Gasteiger partial charge in [0, 0.05) is 25.2 Å². The lowest BCUT2D eigenvalue weighted by Gasteiger charge is -2.15. The van der Waals surface area contributed by atoms with E-state index in [1.165, 1.54) is 34.9 Å². The quantitative estimate of drug-likeness (QED) is 0.677. The average Bonchev–Trinajstić information content (AvgIpc) is 3.47. The van der Waals surface area contributed by atoms with E-state index in [1.807, 2.05) is 0 Å². The van der Waals surface area contributed by atoms with Crippen molar-refractivity contribution in [2.24, 2.45) is 0 Å². The molecule has 8 nitrogen and oxygen atoms in total. The van der Waals surface area contributed by atoms with Crippen LogP contribution >= 0.6 is 0 Å². The third-order valence-corrected chi connectivity index (χ3v) is 7.45. The minimum Gasteiger partial charge on any atom is -0.412 e. The Morgan fingerprint density at radius 2 is 1.83 bits per heavy atom. The molecule has 1 fully saturated rings. The predicted molar refractivity (Wildman–Crippen MR) is 111 cm³/mol. The number of hydrogen-bond donors (Lipinski definition) is 1. The maximum atomic E-state index is 12.6. The molecular weight excluding hydrogens is 404 g/mol. The van der Waals surface area contributed by atoms with Crippen molar-refractivity contribution in [1.29, 1.82) is 0 Å². The van der Waals surface area contributed by atoms with Gasteiger partial charge >= 0.3 is 11.8 Å². The summed E-state index contributed by atoms with van der Waals surface area (Å²) in [6, 6.07) is 6.30. The second-order valence-electron chi connectivity index (χ2n) is 7.66. The van der Waals surface area contributed by atoms with E-state index >= 15 is 0 Å². The lowest BCUT2D eigenvalue weighted by molar-refractivity contribution is 0.0920. The summed E-state index contributed by atoms with van der Waals surface area (Å²) >= 11 is 0. The average molecular weight is 431 g/mol. The summed E-state index contributed by atoms with van der Waals surface area (Å²) in [5.74, 6) is -0.324. The normalized spacial score (nSPS) is 17.7. The van der Waals surface area contributed by atoms with Crippen LogP contribution in [0.2, 0.25) is 0 Å². The highest BCUT2D eigenvalue weighted by Crippen LogP contribution is 2.24. The molecular formula is C21H26N4O4S. The molecule has 0 radical (unpaired) electrons. The van der Waals surface area contributed by atoms with Crippen LogP contribution in [0.3, 0.4) is 0 Å². The van der Waals surface area contributed by atoms with Crippen molar-refractivity contribution in [3.8, 4) is 11.5 Å². The Bertz CT molecular complexity index is 1020. The topological polar surface area (TPSA) is 105 Å². The first-order valence-corrected chi connectivity index (χ1v) is 11.9. The lowest BCUT2D eigenvalue weighted by atomic mass is 9.97. The summed E-state index contributed by atoms with van der Waals surface area (Å²) in [4.78, 5) is 12.5. The van der Waals surface area contributed by atoms with Gasteiger partial charge < -0.3 is 9.73 Å². The van der Waals surface area contributed by atoms with Gasteiger partial charge in [0.2, 0.25) is 15.9 Å². The zero-order chi connectivity index (χ0) is 21.0. The van der Waals surface area contributed by atoms with Crippen LogP contribution in [-0.4, -0.2) is 48.5 Å². The van der Waals surface area contributed by atoms with Crippen molar-refractivity contribution < 1.29 is 17.6 Å². The molecule has 9 heteroatoms. The smallest absolute Gasteiger partial charge is 0.308 e. The summed E-state index contributed by atoms with van der Waals surface area (Å²) in [6.45, 7) is 1.65. The first-order valence-electron chi connectivity index (χ1n) is 10.4. The van der Waals surface area contributed by atoms with Crippen molar-refractivity contribution >= 4 is 15.9 Å². The molecule has 1 amide bonds. The molecule has 1 aliphatic carbocycles. The standard InChI is InChI=1S/C21H26N4O4S/c26-19(22-13-12-16-6-2-1-3-7-16)21-24-23-20(29-21)17-8-10-18(11-9-17)30(27,28)25-14-4-5-15-25/h6,8-11H,1-5,7,12-15H2,(H,22,26). The molecule has 1 saturated heterocycles. The monoisotopic (exact) mass is 430 g/mol. The van der Waals surface area contributed by atoms with E-state index in [1.54, 1.807) is 12.1 Å². The zero-order valence-electron chi connectivity index (χ0n) is 16.8. The maximum absolute atomic E-state index is 12.6. The van der Waals surface area contributed by atoms with Gasteiger partial charge in [-0.25, -0.2) is 8.42 Å². The second-order valence-corrected chi connectivity index (χ2v) is 9.60. The molecule has 2 heterocycles. The molecule has 2 aliphatic rings. The molecule has 0 saturated carbocycles. The van der Waals surface area contributed by atoms with Gasteiger partial charge in [0.15, 0.2) is 0 Å². The predicted octanol–water partition coefficient (Wildman–Crippen LogP) is 3.14. The molecule has 30 heavy (non-hydrogen) atoms. The summed E-state index contributed by atoms with van der Waals surface area (Å²) in [5, 5.41) is 10.6. The van der Waals surface area contributed by atoms with Crippen LogP contribution in [0.1, 0.15) is 55.6 Å². The number of rotatable bonds is 7. The number of carbonyl (C=O) groups excluding carboxylic acids is 1.